The lowest BCUT2D eigenvalue weighted by molar-refractivity contribution is 0.121. The minimum atomic E-state index is -3.42. The van der Waals surface area contributed by atoms with Crippen LogP contribution in [0.25, 0.3) is 10.9 Å². The lowest BCUT2D eigenvalue weighted by Gasteiger charge is -2.31. The lowest BCUT2D eigenvalue weighted by atomic mass is 9.93. The van der Waals surface area contributed by atoms with Gasteiger partial charge < -0.3 is 18.9 Å². The third-order valence-corrected chi connectivity index (χ3v) is 6.74. The molecule has 0 atom stereocenters. The van der Waals surface area contributed by atoms with Crippen LogP contribution >= 0.6 is 0 Å². The van der Waals surface area contributed by atoms with Gasteiger partial charge in [0.05, 0.1) is 48.6 Å². The van der Waals surface area contributed by atoms with Gasteiger partial charge in [-0.3, -0.25) is 9.71 Å². The van der Waals surface area contributed by atoms with Gasteiger partial charge in [0.1, 0.15) is 11.9 Å². The second-order valence-corrected chi connectivity index (χ2v) is 10.4. The maximum Gasteiger partial charge on any atom is 0.229 e. The maximum absolute atomic E-state index is 11.7. The number of aromatic nitrogens is 4. The van der Waals surface area contributed by atoms with E-state index in [1.807, 2.05) is 24.8 Å². The highest BCUT2D eigenvalue weighted by Crippen LogP contribution is 2.34. The molecule has 0 spiro atoms. The average Bonchev–Trinajstić information content (AvgIpc) is 3.34. The average molecular weight is 473 g/mol. The molecule has 0 unspecified atom stereocenters. The minimum Gasteiger partial charge on any atom is -0.474 e. The zero-order chi connectivity index (χ0) is 22.8. The van der Waals surface area contributed by atoms with Crippen LogP contribution in [0.2, 0.25) is 0 Å². The molecule has 0 amide bonds. The first-order valence-corrected chi connectivity index (χ1v) is 13.1. The molecule has 1 aliphatic carbocycles. The first-order valence-electron chi connectivity index (χ1n) is 11.2. The van der Waals surface area contributed by atoms with Crippen molar-refractivity contribution in [3.05, 3.63) is 37.1 Å². The van der Waals surface area contributed by atoms with Gasteiger partial charge in [0.15, 0.2) is 0 Å². The third-order valence-electron chi connectivity index (χ3n) is 6.14. The summed E-state index contributed by atoms with van der Waals surface area (Å²) in [6.45, 7) is 2.81. The van der Waals surface area contributed by atoms with Crippen LogP contribution in [0.4, 0.5) is 11.5 Å². The van der Waals surface area contributed by atoms with Crippen LogP contribution in [0.1, 0.15) is 31.7 Å². The molecular weight excluding hydrogens is 444 g/mol. The van der Waals surface area contributed by atoms with E-state index in [0.717, 1.165) is 50.8 Å². The Bertz CT molecular complexity index is 1200. The topological polar surface area (TPSA) is 111 Å². The smallest absolute Gasteiger partial charge is 0.229 e. The standard InChI is InChI=1S/C22H28N6O4S/c1-33(29,30)26-16-12-19-20(24-14-16)13-21(27-8-10-31-11-9-27)25-22(19)32-18-4-2-17(3-5-18)28-7-6-23-15-28/h6-7,12-15,17-18,26H,2-5,8-11H2,1H3. The number of nitrogens with one attached hydrogen (secondary N) is 1. The Hall–Kier alpha value is -2.92. The summed E-state index contributed by atoms with van der Waals surface area (Å²) in [7, 11) is -3.42. The summed E-state index contributed by atoms with van der Waals surface area (Å²) in [5.41, 5.74) is 1.10. The van der Waals surface area contributed by atoms with E-state index in [2.05, 4.69) is 24.2 Å². The van der Waals surface area contributed by atoms with E-state index in [-0.39, 0.29) is 6.10 Å². The monoisotopic (exact) mass is 472 g/mol. The van der Waals surface area contributed by atoms with Crippen LogP contribution in [0.5, 0.6) is 5.88 Å². The van der Waals surface area contributed by atoms with Crippen LogP contribution in [0.15, 0.2) is 37.1 Å². The Labute approximate surface area is 193 Å². The van der Waals surface area contributed by atoms with E-state index in [9.17, 15) is 8.42 Å². The summed E-state index contributed by atoms with van der Waals surface area (Å²) >= 11 is 0. The van der Waals surface area contributed by atoms with Crippen LogP contribution in [-0.2, 0) is 14.8 Å². The Morgan fingerprint density at radius 2 is 1.94 bits per heavy atom. The molecule has 2 fully saturated rings. The molecule has 0 bridgehead atoms. The summed E-state index contributed by atoms with van der Waals surface area (Å²) in [5.74, 6) is 1.29. The second kappa shape index (κ2) is 9.14. The Morgan fingerprint density at radius 3 is 2.64 bits per heavy atom. The highest BCUT2D eigenvalue weighted by molar-refractivity contribution is 7.92. The highest BCUT2D eigenvalue weighted by Gasteiger charge is 2.25. The first kappa shape index (κ1) is 21.9. The van der Waals surface area contributed by atoms with E-state index in [0.29, 0.717) is 41.7 Å². The second-order valence-electron chi connectivity index (χ2n) is 8.61. The number of hydrogen-bond donors (Lipinski definition) is 1. The molecule has 1 N–H and O–H groups in total. The molecule has 11 heteroatoms. The third kappa shape index (κ3) is 5.19. The Morgan fingerprint density at radius 1 is 1.15 bits per heavy atom. The van der Waals surface area contributed by atoms with Gasteiger partial charge in [0.25, 0.3) is 0 Å². The number of sulfonamides is 1. The zero-order valence-electron chi connectivity index (χ0n) is 18.6. The number of hydrogen-bond acceptors (Lipinski definition) is 8. The summed E-state index contributed by atoms with van der Waals surface area (Å²) in [4.78, 5) is 15.7. The highest BCUT2D eigenvalue weighted by atomic mass is 32.2. The summed E-state index contributed by atoms with van der Waals surface area (Å²) in [6, 6.07) is 4.10. The van der Waals surface area contributed by atoms with Crippen molar-refractivity contribution in [2.24, 2.45) is 0 Å². The Kier molecular flexibility index (Phi) is 6.07. The summed E-state index contributed by atoms with van der Waals surface area (Å²) in [5, 5.41) is 0.692. The molecule has 1 saturated carbocycles. The summed E-state index contributed by atoms with van der Waals surface area (Å²) in [6.07, 6.45) is 12.2. The fraction of sp³-hybridized carbons (Fsp3) is 0.500. The van der Waals surface area contributed by atoms with Gasteiger partial charge in [-0.25, -0.2) is 13.4 Å². The molecule has 1 aliphatic heterocycles. The molecule has 3 aromatic rings. The van der Waals surface area contributed by atoms with Crippen molar-refractivity contribution in [3.8, 4) is 5.88 Å². The number of anilines is 2. The molecule has 1 saturated heterocycles. The largest absolute Gasteiger partial charge is 0.474 e. The van der Waals surface area contributed by atoms with Crippen molar-refractivity contribution >= 4 is 32.4 Å². The Balaban J connectivity index is 1.43. The van der Waals surface area contributed by atoms with Gasteiger partial charge in [-0.2, -0.15) is 4.98 Å². The molecule has 0 aromatic carbocycles. The van der Waals surface area contributed by atoms with Crippen LogP contribution in [0, 0.1) is 0 Å². The normalized spacial score (nSPS) is 21.8. The van der Waals surface area contributed by atoms with Crippen LogP contribution in [0.3, 0.4) is 0 Å². The zero-order valence-corrected chi connectivity index (χ0v) is 19.4. The molecule has 33 heavy (non-hydrogen) atoms. The van der Waals surface area contributed by atoms with Crippen molar-refractivity contribution in [3.63, 3.8) is 0 Å². The van der Waals surface area contributed by atoms with E-state index >= 15 is 0 Å². The predicted octanol–water partition coefficient (Wildman–Crippen LogP) is 2.60. The molecule has 5 rings (SSSR count). The van der Waals surface area contributed by atoms with Gasteiger partial charge in [-0.05, 0) is 31.7 Å². The van der Waals surface area contributed by atoms with E-state index in [1.165, 1.54) is 6.20 Å². The summed E-state index contributed by atoms with van der Waals surface area (Å²) < 4.78 is 40.0. The quantitative estimate of drug-likeness (QED) is 0.583. The number of nitrogens with zero attached hydrogens (tertiary/aromatic N) is 5. The number of morpholine rings is 1. The van der Waals surface area contributed by atoms with Gasteiger partial charge in [-0.15, -0.1) is 0 Å². The van der Waals surface area contributed by atoms with E-state index in [1.54, 1.807) is 6.07 Å². The first-order chi connectivity index (χ1) is 15.9. The number of imidazole rings is 1. The van der Waals surface area contributed by atoms with Crippen molar-refractivity contribution < 1.29 is 17.9 Å². The van der Waals surface area contributed by atoms with Crippen molar-refractivity contribution in [2.75, 3.05) is 42.2 Å². The van der Waals surface area contributed by atoms with Crippen LogP contribution < -0.4 is 14.4 Å². The molecule has 176 valence electrons. The lowest BCUT2D eigenvalue weighted by Crippen LogP contribution is -2.36. The van der Waals surface area contributed by atoms with Gasteiger partial charge in [-0.1, -0.05) is 0 Å². The van der Waals surface area contributed by atoms with Gasteiger partial charge >= 0.3 is 0 Å². The number of fused-ring (bicyclic) bond motifs is 1. The maximum atomic E-state index is 11.7. The number of rotatable bonds is 6. The molecule has 4 heterocycles. The van der Waals surface area contributed by atoms with Crippen molar-refractivity contribution in [1.29, 1.82) is 0 Å². The predicted molar refractivity (Wildman–Crippen MR) is 125 cm³/mol. The van der Waals surface area contributed by atoms with E-state index in [4.69, 9.17) is 14.5 Å². The SMILES string of the molecule is CS(=O)(=O)Nc1cnc2cc(N3CCOCC3)nc(OC3CCC(n4ccnc4)CC3)c2c1. The minimum absolute atomic E-state index is 0.0342. The van der Waals surface area contributed by atoms with E-state index < -0.39 is 10.0 Å². The molecule has 0 radical (unpaired) electrons. The number of pyridine rings is 2. The fourth-order valence-corrected chi connectivity index (χ4v) is 5.04. The van der Waals surface area contributed by atoms with Crippen molar-refractivity contribution in [1.82, 2.24) is 19.5 Å². The van der Waals surface area contributed by atoms with Crippen LogP contribution in [-0.4, -0.2) is 66.6 Å². The number of ether oxygens (including phenoxy) is 2. The molecule has 3 aromatic heterocycles. The molecular formula is C22H28N6O4S. The molecule has 10 nitrogen and oxygen atoms in total. The van der Waals surface area contributed by atoms with Gasteiger partial charge in [0.2, 0.25) is 15.9 Å². The van der Waals surface area contributed by atoms with Crippen molar-refractivity contribution in [2.45, 2.75) is 37.8 Å². The van der Waals surface area contributed by atoms with Gasteiger partial charge in [0, 0.05) is 37.6 Å². The fourth-order valence-electron chi connectivity index (χ4n) is 4.50. The molecule has 2 aliphatic rings.